The first-order valence-corrected chi connectivity index (χ1v) is 1.88. The van der Waals surface area contributed by atoms with Crippen LogP contribution >= 0.6 is 0 Å². The Hall–Kier alpha value is -1.37. The maximum Gasteiger partial charge on any atom is 0.200 e. The summed E-state index contributed by atoms with van der Waals surface area (Å²) in [7, 11) is 0. The molecule has 8 heavy (non-hydrogen) atoms. The molecule has 1 heterocycles. The van der Waals surface area contributed by atoms with Crippen LogP contribution < -0.4 is 5.43 Å². The number of halogens is 1. The average Bonchev–Trinajstić information content (AvgIpc) is 2.14. The molecule has 0 bridgehead atoms. The molecule has 4 heteroatoms. The number of allylic oxidation sites excluding steroid dienone is 1. The van der Waals surface area contributed by atoms with Crippen molar-refractivity contribution in [2.45, 2.75) is 0 Å². The van der Waals surface area contributed by atoms with E-state index < -0.39 is 5.83 Å². The number of rotatable bonds is 0. The Morgan fingerprint density at radius 2 is 2.50 bits per heavy atom. The molecule has 0 N–H and O–H groups in total. The van der Waals surface area contributed by atoms with Gasteiger partial charge in [-0.25, -0.2) is 4.39 Å². The van der Waals surface area contributed by atoms with Gasteiger partial charge in [0.1, 0.15) is 6.07 Å². The molecule has 0 amide bonds. The van der Waals surface area contributed by atoms with E-state index in [4.69, 9.17) is 5.26 Å². The molecule has 0 unspecified atom stereocenters. The maximum absolute atomic E-state index is 12.0. The topological polar surface area (TPSA) is 50.2 Å². The van der Waals surface area contributed by atoms with Crippen molar-refractivity contribution in [2.24, 2.45) is 5.10 Å². The summed E-state index contributed by atoms with van der Waals surface area (Å²) < 4.78 is 12.0. The van der Waals surface area contributed by atoms with Gasteiger partial charge in [-0.15, -0.1) is 5.10 Å². The normalized spacial score (nSPS) is 16.0. The molecule has 39 valence electrons. The van der Waals surface area contributed by atoms with E-state index in [0.29, 0.717) is 0 Å². The predicted molar refractivity (Wildman–Crippen MR) is 24.4 cm³/mol. The van der Waals surface area contributed by atoms with Gasteiger partial charge in [-0.2, -0.15) is 10.7 Å². The Morgan fingerprint density at radius 1 is 1.75 bits per heavy atom. The van der Waals surface area contributed by atoms with Gasteiger partial charge in [0.25, 0.3) is 0 Å². The van der Waals surface area contributed by atoms with Gasteiger partial charge in [0, 0.05) is 0 Å². The first kappa shape index (κ1) is 4.78. The molecule has 0 atom stereocenters. The van der Waals surface area contributed by atoms with Crippen molar-refractivity contribution in [1.29, 1.82) is 5.26 Å². The standard InChI is InChI=1S/C4HFN3/c5-3-2-7-8-4(3)1-6/h2H. The third kappa shape index (κ3) is 0.540. The Labute approximate surface area is 45.1 Å². The Bertz CT molecular complexity index is 198. The third-order valence-corrected chi connectivity index (χ3v) is 0.661. The molecule has 1 aliphatic heterocycles. The molecule has 1 radical (unpaired) electrons. The summed E-state index contributed by atoms with van der Waals surface area (Å²) in [5.74, 6) is -0.660. The van der Waals surface area contributed by atoms with Crippen LogP contribution in [0.25, 0.3) is 0 Å². The summed E-state index contributed by atoms with van der Waals surface area (Å²) in [6, 6.07) is 1.53. The van der Waals surface area contributed by atoms with Crippen LogP contribution in [0.1, 0.15) is 0 Å². The molecule has 0 aromatic carbocycles. The van der Waals surface area contributed by atoms with Crippen LogP contribution in [0.3, 0.4) is 0 Å². The highest BCUT2D eigenvalue weighted by Gasteiger charge is 2.10. The van der Waals surface area contributed by atoms with Crippen LogP contribution in [0.2, 0.25) is 0 Å². The van der Waals surface area contributed by atoms with Crippen molar-refractivity contribution in [3.05, 3.63) is 12.0 Å². The van der Waals surface area contributed by atoms with E-state index in [1.807, 2.05) is 0 Å². The fraction of sp³-hybridized carbons (Fsp3) is 0. The van der Waals surface area contributed by atoms with Gasteiger partial charge in [0.05, 0.1) is 6.20 Å². The van der Waals surface area contributed by atoms with Gasteiger partial charge in [-0.3, -0.25) is 0 Å². The number of nitrogens with zero attached hydrogens (tertiary/aromatic N) is 3. The molecule has 0 aromatic rings. The fourth-order valence-corrected chi connectivity index (χ4v) is 0.322. The maximum atomic E-state index is 12.0. The Kier molecular flexibility index (Phi) is 0.968. The zero-order valence-electron chi connectivity index (χ0n) is 3.80. The number of nitriles is 1. The summed E-state index contributed by atoms with van der Waals surface area (Å²) in [5, 5.41) is 11.2. The van der Waals surface area contributed by atoms with Gasteiger partial charge in [-0.1, -0.05) is 0 Å². The SMILES string of the molecule is N#CC1=N[N]C=C1F. The lowest BCUT2D eigenvalue weighted by molar-refractivity contribution is 0.682. The molecule has 1 aliphatic rings. The third-order valence-electron chi connectivity index (χ3n) is 0.661. The minimum Gasteiger partial charge on any atom is -0.202 e. The summed E-state index contributed by atoms with van der Waals surface area (Å²) in [6.45, 7) is 0. The Balaban J connectivity index is 2.86. The lowest BCUT2D eigenvalue weighted by Gasteiger charge is -1.74. The summed E-state index contributed by atoms with van der Waals surface area (Å²) in [6.07, 6.45) is 0.901. The number of hydrogen-bond donors (Lipinski definition) is 0. The second kappa shape index (κ2) is 1.62. The highest BCUT2D eigenvalue weighted by Crippen LogP contribution is 2.03. The number of hydrogen-bond acceptors (Lipinski definition) is 2. The fourth-order valence-electron chi connectivity index (χ4n) is 0.322. The van der Waals surface area contributed by atoms with Crippen molar-refractivity contribution < 1.29 is 4.39 Å². The predicted octanol–water partition coefficient (Wildman–Crippen LogP) is 0.295. The molecule has 0 saturated carbocycles. The molecule has 0 spiro atoms. The molecule has 3 nitrogen and oxygen atoms in total. The van der Waals surface area contributed by atoms with E-state index >= 15 is 0 Å². The van der Waals surface area contributed by atoms with E-state index in [-0.39, 0.29) is 5.71 Å². The summed E-state index contributed by atoms with van der Waals surface area (Å²) in [4.78, 5) is 0. The molecule has 0 aromatic heterocycles. The van der Waals surface area contributed by atoms with Gasteiger partial charge in [0.15, 0.2) is 11.5 Å². The lowest BCUT2D eigenvalue weighted by Crippen LogP contribution is -1.87. The van der Waals surface area contributed by atoms with Gasteiger partial charge >= 0.3 is 0 Å². The smallest absolute Gasteiger partial charge is 0.200 e. The quantitative estimate of drug-likeness (QED) is 0.442. The van der Waals surface area contributed by atoms with Crippen molar-refractivity contribution in [3.8, 4) is 6.07 Å². The minimum atomic E-state index is -0.660. The summed E-state index contributed by atoms with van der Waals surface area (Å²) >= 11 is 0. The second-order valence-corrected chi connectivity index (χ2v) is 1.15. The van der Waals surface area contributed by atoms with Crippen molar-refractivity contribution in [2.75, 3.05) is 0 Å². The van der Waals surface area contributed by atoms with Gasteiger partial charge < -0.3 is 0 Å². The molecule has 1 rings (SSSR count). The van der Waals surface area contributed by atoms with Crippen molar-refractivity contribution >= 4 is 5.71 Å². The van der Waals surface area contributed by atoms with Crippen LogP contribution in [0.4, 0.5) is 4.39 Å². The van der Waals surface area contributed by atoms with E-state index in [1.54, 1.807) is 0 Å². The molecule has 0 saturated heterocycles. The molecular weight excluding hydrogens is 109 g/mol. The van der Waals surface area contributed by atoms with Crippen LogP contribution in [0.5, 0.6) is 0 Å². The van der Waals surface area contributed by atoms with E-state index in [2.05, 4.69) is 10.5 Å². The molecular formula is C4HFN3. The second-order valence-electron chi connectivity index (χ2n) is 1.15. The van der Waals surface area contributed by atoms with E-state index in [1.165, 1.54) is 6.07 Å². The van der Waals surface area contributed by atoms with E-state index in [9.17, 15) is 4.39 Å². The van der Waals surface area contributed by atoms with Crippen LogP contribution in [-0.2, 0) is 0 Å². The first-order chi connectivity index (χ1) is 3.84. The highest BCUT2D eigenvalue weighted by molar-refractivity contribution is 6.10. The van der Waals surface area contributed by atoms with Gasteiger partial charge in [-0.05, 0) is 0 Å². The average molecular weight is 110 g/mol. The van der Waals surface area contributed by atoms with Crippen molar-refractivity contribution in [1.82, 2.24) is 5.43 Å². The van der Waals surface area contributed by atoms with Crippen LogP contribution in [0.15, 0.2) is 17.1 Å². The van der Waals surface area contributed by atoms with E-state index in [0.717, 1.165) is 6.20 Å². The van der Waals surface area contributed by atoms with Gasteiger partial charge in [0.2, 0.25) is 0 Å². The lowest BCUT2D eigenvalue weighted by atomic mass is 10.4. The zero-order valence-corrected chi connectivity index (χ0v) is 3.80. The molecule has 0 fully saturated rings. The Morgan fingerprint density at radius 3 is 2.75 bits per heavy atom. The summed E-state index contributed by atoms with van der Waals surface area (Å²) in [5.41, 5.74) is 2.90. The first-order valence-electron chi connectivity index (χ1n) is 1.88. The van der Waals surface area contributed by atoms with Crippen LogP contribution in [-0.4, -0.2) is 5.71 Å². The molecule has 0 aliphatic carbocycles. The zero-order chi connectivity index (χ0) is 5.98. The van der Waals surface area contributed by atoms with Crippen molar-refractivity contribution in [3.63, 3.8) is 0 Å². The largest absolute Gasteiger partial charge is 0.202 e. The highest BCUT2D eigenvalue weighted by atomic mass is 19.1. The monoisotopic (exact) mass is 110 g/mol. The van der Waals surface area contributed by atoms with Crippen LogP contribution in [0, 0.1) is 11.3 Å². The minimum absolute atomic E-state index is 0.245.